The number of nitrogens with one attached hydrogen (secondary N) is 1. The molecule has 0 aromatic rings. The third-order valence-electron chi connectivity index (χ3n) is 4.10. The predicted molar refractivity (Wildman–Crippen MR) is 52.1 cm³/mol. The van der Waals surface area contributed by atoms with Crippen molar-refractivity contribution in [2.45, 2.75) is 39.5 Å². The molecule has 1 spiro atoms. The molecule has 2 fully saturated rings. The molecule has 0 radical (unpaired) electrons. The van der Waals surface area contributed by atoms with Gasteiger partial charge < -0.3 is 5.32 Å². The van der Waals surface area contributed by atoms with E-state index in [0.717, 1.165) is 11.8 Å². The molecule has 1 N–H and O–H groups in total. The molecule has 1 aliphatic heterocycles. The van der Waals surface area contributed by atoms with Crippen LogP contribution in [0.15, 0.2) is 0 Å². The van der Waals surface area contributed by atoms with E-state index in [-0.39, 0.29) is 0 Å². The fourth-order valence-corrected chi connectivity index (χ4v) is 3.24. The van der Waals surface area contributed by atoms with Gasteiger partial charge in [0.2, 0.25) is 0 Å². The Hall–Kier alpha value is -0.0400. The standard InChI is InChI=1S/C11H21N/c1-9-4-3-5-11(6-9)8-12-7-10(11)2/h9-10,12H,3-8H2,1-2H3. The molecule has 12 heavy (non-hydrogen) atoms. The second-order valence-electron chi connectivity index (χ2n) is 5.10. The molecule has 1 saturated heterocycles. The Bertz CT molecular complexity index is 166. The summed E-state index contributed by atoms with van der Waals surface area (Å²) in [5.74, 6) is 1.89. The van der Waals surface area contributed by atoms with E-state index in [1.807, 2.05) is 0 Å². The van der Waals surface area contributed by atoms with E-state index >= 15 is 0 Å². The van der Waals surface area contributed by atoms with E-state index < -0.39 is 0 Å². The Morgan fingerprint density at radius 2 is 2.17 bits per heavy atom. The number of rotatable bonds is 0. The Balaban J connectivity index is 2.08. The third kappa shape index (κ3) is 1.28. The first-order valence-electron chi connectivity index (χ1n) is 5.44. The zero-order chi connectivity index (χ0) is 8.60. The first-order chi connectivity index (χ1) is 5.73. The SMILES string of the molecule is CC1CCCC2(CNCC2C)C1. The summed E-state index contributed by atoms with van der Waals surface area (Å²) >= 11 is 0. The molecule has 70 valence electrons. The largest absolute Gasteiger partial charge is 0.316 e. The van der Waals surface area contributed by atoms with Crippen molar-refractivity contribution in [3.8, 4) is 0 Å². The van der Waals surface area contributed by atoms with Crippen LogP contribution >= 0.6 is 0 Å². The van der Waals surface area contributed by atoms with Crippen LogP contribution < -0.4 is 5.32 Å². The van der Waals surface area contributed by atoms with Crippen molar-refractivity contribution in [1.82, 2.24) is 5.32 Å². The van der Waals surface area contributed by atoms with Gasteiger partial charge in [-0.1, -0.05) is 26.7 Å². The van der Waals surface area contributed by atoms with Crippen molar-refractivity contribution in [3.05, 3.63) is 0 Å². The van der Waals surface area contributed by atoms with Crippen LogP contribution in [-0.4, -0.2) is 13.1 Å². The molecule has 3 atom stereocenters. The van der Waals surface area contributed by atoms with Gasteiger partial charge in [0.1, 0.15) is 0 Å². The fraction of sp³-hybridized carbons (Fsp3) is 1.00. The van der Waals surface area contributed by atoms with Gasteiger partial charge >= 0.3 is 0 Å². The van der Waals surface area contributed by atoms with Gasteiger partial charge in [0, 0.05) is 6.54 Å². The maximum Gasteiger partial charge on any atom is 0.00111 e. The average Bonchev–Trinajstić information content (AvgIpc) is 2.33. The molecule has 0 amide bonds. The minimum Gasteiger partial charge on any atom is -0.316 e. The highest BCUT2D eigenvalue weighted by atomic mass is 14.9. The maximum absolute atomic E-state index is 3.55. The lowest BCUT2D eigenvalue weighted by Crippen LogP contribution is -2.34. The summed E-state index contributed by atoms with van der Waals surface area (Å²) in [4.78, 5) is 0. The van der Waals surface area contributed by atoms with Crippen molar-refractivity contribution in [2.75, 3.05) is 13.1 Å². The number of hydrogen-bond acceptors (Lipinski definition) is 1. The summed E-state index contributed by atoms with van der Waals surface area (Å²) in [5, 5.41) is 3.55. The van der Waals surface area contributed by atoms with Crippen molar-refractivity contribution in [2.24, 2.45) is 17.3 Å². The van der Waals surface area contributed by atoms with Gasteiger partial charge in [-0.05, 0) is 36.6 Å². The quantitative estimate of drug-likeness (QED) is 0.584. The van der Waals surface area contributed by atoms with Crippen LogP contribution in [0.4, 0.5) is 0 Å². The Morgan fingerprint density at radius 3 is 2.75 bits per heavy atom. The van der Waals surface area contributed by atoms with Gasteiger partial charge in [0.05, 0.1) is 0 Å². The lowest BCUT2D eigenvalue weighted by atomic mass is 9.65. The molecule has 1 aliphatic carbocycles. The van der Waals surface area contributed by atoms with Crippen LogP contribution in [0.3, 0.4) is 0 Å². The van der Waals surface area contributed by atoms with Crippen molar-refractivity contribution in [1.29, 1.82) is 0 Å². The van der Waals surface area contributed by atoms with Crippen LogP contribution in [0, 0.1) is 17.3 Å². The van der Waals surface area contributed by atoms with Gasteiger partial charge in [0.25, 0.3) is 0 Å². The molecular weight excluding hydrogens is 146 g/mol. The minimum absolute atomic E-state index is 0.692. The van der Waals surface area contributed by atoms with Gasteiger partial charge in [-0.2, -0.15) is 0 Å². The van der Waals surface area contributed by atoms with Crippen molar-refractivity contribution in [3.63, 3.8) is 0 Å². The van der Waals surface area contributed by atoms with E-state index in [2.05, 4.69) is 19.2 Å². The van der Waals surface area contributed by atoms with E-state index in [1.165, 1.54) is 38.8 Å². The van der Waals surface area contributed by atoms with Gasteiger partial charge in [-0.25, -0.2) is 0 Å². The molecule has 0 aromatic carbocycles. The smallest absolute Gasteiger partial charge is 0.00111 e. The van der Waals surface area contributed by atoms with Gasteiger partial charge in [-0.15, -0.1) is 0 Å². The van der Waals surface area contributed by atoms with Gasteiger partial charge in [-0.3, -0.25) is 0 Å². The van der Waals surface area contributed by atoms with Crippen LogP contribution in [0.1, 0.15) is 39.5 Å². The molecule has 0 aromatic heterocycles. The molecule has 3 unspecified atom stereocenters. The second kappa shape index (κ2) is 3.02. The summed E-state index contributed by atoms with van der Waals surface area (Å²) in [5.41, 5.74) is 0.692. The third-order valence-corrected chi connectivity index (χ3v) is 4.10. The highest BCUT2D eigenvalue weighted by Crippen LogP contribution is 2.46. The summed E-state index contributed by atoms with van der Waals surface area (Å²) in [6, 6.07) is 0. The highest BCUT2D eigenvalue weighted by Gasteiger charge is 2.42. The Morgan fingerprint density at radius 1 is 1.33 bits per heavy atom. The fourth-order valence-electron chi connectivity index (χ4n) is 3.24. The van der Waals surface area contributed by atoms with Crippen molar-refractivity contribution < 1.29 is 0 Å². The molecule has 1 saturated carbocycles. The van der Waals surface area contributed by atoms with E-state index in [1.54, 1.807) is 0 Å². The van der Waals surface area contributed by atoms with Gasteiger partial charge in [0.15, 0.2) is 0 Å². The predicted octanol–water partition coefficient (Wildman–Crippen LogP) is 2.42. The molecule has 2 rings (SSSR count). The van der Waals surface area contributed by atoms with E-state index in [4.69, 9.17) is 0 Å². The van der Waals surface area contributed by atoms with Crippen LogP contribution in [0.5, 0.6) is 0 Å². The second-order valence-corrected chi connectivity index (χ2v) is 5.10. The first-order valence-corrected chi connectivity index (χ1v) is 5.44. The normalized spacial score (nSPS) is 48.5. The van der Waals surface area contributed by atoms with Crippen molar-refractivity contribution >= 4 is 0 Å². The van der Waals surface area contributed by atoms with Crippen LogP contribution in [0.25, 0.3) is 0 Å². The summed E-state index contributed by atoms with van der Waals surface area (Å²) < 4.78 is 0. The number of hydrogen-bond donors (Lipinski definition) is 1. The molecule has 1 heteroatoms. The molecular formula is C11H21N. The molecule has 1 nitrogen and oxygen atoms in total. The van der Waals surface area contributed by atoms with E-state index in [0.29, 0.717) is 5.41 Å². The zero-order valence-corrected chi connectivity index (χ0v) is 8.40. The van der Waals surface area contributed by atoms with E-state index in [9.17, 15) is 0 Å². The average molecular weight is 167 g/mol. The Labute approximate surface area is 75.9 Å². The Kier molecular flexibility index (Phi) is 2.16. The first kappa shape index (κ1) is 8.55. The summed E-state index contributed by atoms with van der Waals surface area (Å²) in [6.45, 7) is 7.40. The lowest BCUT2D eigenvalue weighted by molar-refractivity contribution is 0.122. The monoisotopic (exact) mass is 167 g/mol. The van der Waals surface area contributed by atoms with Crippen LogP contribution in [0.2, 0.25) is 0 Å². The zero-order valence-electron chi connectivity index (χ0n) is 8.40. The molecule has 1 heterocycles. The minimum atomic E-state index is 0.692. The lowest BCUT2D eigenvalue weighted by Gasteiger charge is -2.39. The summed E-state index contributed by atoms with van der Waals surface area (Å²) in [6.07, 6.45) is 5.88. The molecule has 2 aliphatic rings. The molecule has 0 bridgehead atoms. The highest BCUT2D eigenvalue weighted by molar-refractivity contribution is 4.95. The summed E-state index contributed by atoms with van der Waals surface area (Å²) in [7, 11) is 0. The maximum atomic E-state index is 3.55. The topological polar surface area (TPSA) is 12.0 Å². The van der Waals surface area contributed by atoms with Crippen LogP contribution in [-0.2, 0) is 0 Å².